The van der Waals surface area contributed by atoms with Gasteiger partial charge in [-0.05, 0) is 72.5 Å². The first-order valence-electron chi connectivity index (χ1n) is 13.5. The fourth-order valence-electron chi connectivity index (χ4n) is 4.64. The lowest BCUT2D eigenvalue weighted by molar-refractivity contribution is -0.139. The summed E-state index contributed by atoms with van der Waals surface area (Å²) in [6.45, 7) is 3.40. The van der Waals surface area contributed by atoms with Crippen molar-refractivity contribution in [2.75, 3.05) is 17.9 Å². The molecule has 4 aromatic carbocycles. The highest BCUT2D eigenvalue weighted by Crippen LogP contribution is 2.27. The van der Waals surface area contributed by atoms with Crippen molar-refractivity contribution >= 4 is 39.1 Å². The van der Waals surface area contributed by atoms with E-state index in [2.05, 4.69) is 5.32 Å². The largest absolute Gasteiger partial charge is 0.357 e. The second-order valence-corrected chi connectivity index (χ2v) is 12.4. The lowest BCUT2D eigenvalue weighted by atomic mass is 10.0. The molecule has 0 aliphatic rings. The molecule has 1 N–H and O–H groups in total. The van der Waals surface area contributed by atoms with E-state index in [1.165, 1.54) is 24.1 Å². The average Bonchev–Trinajstić information content (AvgIpc) is 3.00. The van der Waals surface area contributed by atoms with Gasteiger partial charge >= 0.3 is 0 Å². The number of carbonyl (C=O) groups is 2. The molecule has 218 valence electrons. The maximum Gasteiger partial charge on any atom is 0.264 e. The fraction of sp³-hybridized carbons (Fsp3) is 0.212. The van der Waals surface area contributed by atoms with Crippen LogP contribution in [0.25, 0.3) is 0 Å². The van der Waals surface area contributed by atoms with Crippen molar-refractivity contribution in [3.8, 4) is 0 Å². The van der Waals surface area contributed by atoms with E-state index >= 15 is 0 Å². The third kappa shape index (κ3) is 7.38. The maximum absolute atomic E-state index is 14.3. The van der Waals surface area contributed by atoms with Gasteiger partial charge in [-0.1, -0.05) is 78.3 Å². The molecule has 42 heavy (non-hydrogen) atoms. The first-order valence-corrected chi connectivity index (χ1v) is 15.4. The van der Waals surface area contributed by atoms with E-state index in [-0.39, 0.29) is 23.8 Å². The molecule has 2 amide bonds. The van der Waals surface area contributed by atoms with Gasteiger partial charge in [0.05, 0.1) is 10.6 Å². The predicted octanol–water partition coefficient (Wildman–Crippen LogP) is 5.54. The highest BCUT2D eigenvalue weighted by Gasteiger charge is 2.34. The van der Waals surface area contributed by atoms with Gasteiger partial charge in [-0.2, -0.15) is 0 Å². The Bertz CT molecular complexity index is 1630. The molecule has 0 fully saturated rings. The molecule has 0 radical (unpaired) electrons. The molecule has 0 spiro atoms. The number of benzene rings is 4. The summed E-state index contributed by atoms with van der Waals surface area (Å²) in [7, 11) is -2.61. The van der Waals surface area contributed by atoms with Crippen LogP contribution in [-0.4, -0.2) is 44.8 Å². The molecular weight excluding hydrogens is 570 g/mol. The molecule has 0 unspecified atom stereocenters. The van der Waals surface area contributed by atoms with E-state index < -0.39 is 28.5 Å². The molecule has 1 atom stereocenters. The van der Waals surface area contributed by atoms with Gasteiger partial charge < -0.3 is 10.2 Å². The van der Waals surface area contributed by atoms with E-state index in [0.29, 0.717) is 10.7 Å². The fourth-order valence-corrected chi connectivity index (χ4v) is 6.19. The number of hydrogen-bond acceptors (Lipinski definition) is 4. The molecule has 4 aromatic rings. The number of anilines is 1. The number of likely N-dealkylation sites (N-methyl/N-ethyl adjacent to an activating group) is 1. The van der Waals surface area contributed by atoms with Crippen molar-refractivity contribution in [3.05, 3.63) is 130 Å². The monoisotopic (exact) mass is 603 g/mol. The third-order valence-electron chi connectivity index (χ3n) is 7.17. The molecule has 9 heteroatoms. The van der Waals surface area contributed by atoms with Gasteiger partial charge in [0, 0.05) is 25.0 Å². The van der Waals surface area contributed by atoms with Crippen LogP contribution in [0, 0.1) is 13.8 Å². The number of aryl methyl sites for hydroxylation is 2. The minimum Gasteiger partial charge on any atom is -0.357 e. The van der Waals surface area contributed by atoms with Crippen LogP contribution in [0.5, 0.6) is 0 Å². The van der Waals surface area contributed by atoms with Crippen molar-refractivity contribution < 1.29 is 18.0 Å². The number of halogens is 1. The Hall–Kier alpha value is -4.14. The normalized spacial score (nSPS) is 11.9. The van der Waals surface area contributed by atoms with Crippen molar-refractivity contribution in [1.29, 1.82) is 0 Å². The Kier molecular flexibility index (Phi) is 10.0. The van der Waals surface area contributed by atoms with Gasteiger partial charge in [0.25, 0.3) is 10.0 Å². The van der Waals surface area contributed by atoms with Crippen LogP contribution in [0.2, 0.25) is 5.02 Å². The van der Waals surface area contributed by atoms with Gasteiger partial charge in [-0.3, -0.25) is 13.9 Å². The number of hydrogen-bond donors (Lipinski definition) is 1. The molecular formula is C33H34ClN3O4S. The zero-order chi connectivity index (χ0) is 30.3. The minimum atomic E-state index is -4.13. The van der Waals surface area contributed by atoms with Crippen LogP contribution in [0.1, 0.15) is 22.3 Å². The third-order valence-corrected chi connectivity index (χ3v) is 9.21. The molecule has 7 nitrogen and oxygen atoms in total. The highest BCUT2D eigenvalue weighted by molar-refractivity contribution is 7.92. The Morgan fingerprint density at radius 3 is 2.02 bits per heavy atom. The lowest BCUT2D eigenvalue weighted by Gasteiger charge is -2.33. The summed E-state index contributed by atoms with van der Waals surface area (Å²) in [5.41, 5.74) is 3.86. The summed E-state index contributed by atoms with van der Waals surface area (Å²) in [4.78, 5) is 29.1. The van der Waals surface area contributed by atoms with Gasteiger partial charge in [0.15, 0.2) is 0 Å². The Morgan fingerprint density at radius 1 is 0.810 bits per heavy atom. The molecule has 0 aromatic heterocycles. The van der Waals surface area contributed by atoms with Crippen molar-refractivity contribution in [3.63, 3.8) is 0 Å². The predicted molar refractivity (Wildman–Crippen MR) is 167 cm³/mol. The van der Waals surface area contributed by atoms with Crippen LogP contribution in [-0.2, 0) is 32.6 Å². The number of rotatable bonds is 11. The van der Waals surface area contributed by atoms with Crippen LogP contribution in [0.4, 0.5) is 5.69 Å². The van der Waals surface area contributed by atoms with Gasteiger partial charge in [0.2, 0.25) is 11.8 Å². The van der Waals surface area contributed by atoms with Crippen LogP contribution in [0.15, 0.2) is 108 Å². The molecule has 0 aliphatic carbocycles. The second-order valence-electron chi connectivity index (χ2n) is 10.1. The Labute approximate surface area is 252 Å². The summed E-state index contributed by atoms with van der Waals surface area (Å²) < 4.78 is 29.1. The molecule has 0 saturated carbocycles. The topological polar surface area (TPSA) is 86.8 Å². The lowest BCUT2D eigenvalue weighted by Crippen LogP contribution is -2.53. The Morgan fingerprint density at radius 2 is 1.43 bits per heavy atom. The number of carbonyl (C=O) groups excluding carboxylic acids is 2. The van der Waals surface area contributed by atoms with E-state index in [4.69, 9.17) is 11.6 Å². The second kappa shape index (κ2) is 13.7. The van der Waals surface area contributed by atoms with Crippen LogP contribution >= 0.6 is 11.6 Å². The summed E-state index contributed by atoms with van der Waals surface area (Å²) in [6, 6.07) is 28.8. The average molecular weight is 604 g/mol. The standard InChI is InChI=1S/C33H34ClN3O4S/c1-24-14-19-29(20-25(24)2)37(42(40,41)30-12-8-5-9-13-30)23-32(38)36(22-27-15-17-28(34)18-16-27)31(33(39)35-3)21-26-10-6-4-7-11-26/h4-20,31H,21-23H2,1-3H3,(H,35,39)/t31-/m0/s1. The first kappa shape index (κ1) is 30.8. The first-order chi connectivity index (χ1) is 20.1. The van der Waals surface area contributed by atoms with Gasteiger partial charge in [0.1, 0.15) is 12.6 Å². The quantitative estimate of drug-likeness (QED) is 0.244. The van der Waals surface area contributed by atoms with Crippen molar-refractivity contribution in [2.45, 2.75) is 37.8 Å². The molecule has 0 saturated heterocycles. The summed E-state index contributed by atoms with van der Waals surface area (Å²) in [6.07, 6.45) is 0.245. The van der Waals surface area contributed by atoms with Crippen LogP contribution in [0.3, 0.4) is 0 Å². The number of sulfonamides is 1. The van der Waals surface area contributed by atoms with Gasteiger partial charge in [-0.25, -0.2) is 8.42 Å². The Balaban J connectivity index is 1.79. The molecule has 4 rings (SSSR count). The zero-order valence-electron chi connectivity index (χ0n) is 23.8. The van der Waals surface area contributed by atoms with Crippen molar-refractivity contribution in [2.24, 2.45) is 0 Å². The van der Waals surface area contributed by atoms with Crippen LogP contribution < -0.4 is 9.62 Å². The number of amides is 2. The molecule has 0 aliphatic heterocycles. The van der Waals surface area contributed by atoms with E-state index in [1.807, 2.05) is 50.2 Å². The van der Waals surface area contributed by atoms with Gasteiger partial charge in [-0.15, -0.1) is 0 Å². The summed E-state index contributed by atoms with van der Waals surface area (Å²) in [5.74, 6) is -0.878. The molecule has 0 bridgehead atoms. The SMILES string of the molecule is CNC(=O)[C@H](Cc1ccccc1)N(Cc1ccc(Cl)cc1)C(=O)CN(c1ccc(C)c(C)c1)S(=O)(=O)c1ccccc1. The van der Waals surface area contributed by atoms with Crippen molar-refractivity contribution in [1.82, 2.24) is 10.2 Å². The van der Waals surface area contributed by atoms with E-state index in [9.17, 15) is 18.0 Å². The summed E-state index contributed by atoms with van der Waals surface area (Å²) >= 11 is 6.10. The summed E-state index contributed by atoms with van der Waals surface area (Å²) in [5, 5.41) is 3.22. The highest BCUT2D eigenvalue weighted by atomic mass is 35.5. The minimum absolute atomic E-state index is 0.0624. The smallest absolute Gasteiger partial charge is 0.264 e. The van der Waals surface area contributed by atoms with E-state index in [0.717, 1.165) is 26.6 Å². The number of nitrogens with one attached hydrogen (secondary N) is 1. The maximum atomic E-state index is 14.3. The van der Waals surface area contributed by atoms with E-state index in [1.54, 1.807) is 54.6 Å². The zero-order valence-corrected chi connectivity index (χ0v) is 25.4. The number of nitrogens with zero attached hydrogens (tertiary/aromatic N) is 2. The molecule has 0 heterocycles.